The van der Waals surface area contributed by atoms with Gasteiger partial charge in [-0.25, -0.2) is 0 Å². The van der Waals surface area contributed by atoms with Gasteiger partial charge in [-0.05, 0) is 35.4 Å². The predicted octanol–water partition coefficient (Wildman–Crippen LogP) is 4.45. The summed E-state index contributed by atoms with van der Waals surface area (Å²) in [4.78, 5) is 12.9. The van der Waals surface area contributed by atoms with E-state index in [0.717, 1.165) is 14.9 Å². The second-order valence-electron chi connectivity index (χ2n) is 7.29. The maximum atomic E-state index is 13.0. The van der Waals surface area contributed by atoms with Crippen LogP contribution in [0.2, 0.25) is 0 Å². The summed E-state index contributed by atoms with van der Waals surface area (Å²) in [5.41, 5.74) is 1.53. The molecule has 1 aliphatic carbocycles. The van der Waals surface area contributed by atoms with E-state index in [1.807, 2.05) is 26.0 Å². The van der Waals surface area contributed by atoms with E-state index in [4.69, 9.17) is 0 Å². The predicted molar refractivity (Wildman–Crippen MR) is 85.2 cm³/mol. The molecule has 6 heteroatoms. The van der Waals surface area contributed by atoms with Gasteiger partial charge in [0.05, 0.1) is 0 Å². The number of carbonyl (C=O) groups excluding carboxylic acids is 1. The van der Waals surface area contributed by atoms with Gasteiger partial charge in [0.15, 0.2) is 0 Å². The zero-order chi connectivity index (χ0) is 17.2. The summed E-state index contributed by atoms with van der Waals surface area (Å²) >= 11 is 3.52. The van der Waals surface area contributed by atoms with Crippen molar-refractivity contribution in [3.63, 3.8) is 0 Å². The molecule has 0 aromatic heterocycles. The standard InChI is InChI=1S/C17H19BrF3NO/c1-15(2)13-9-10-11(5-4-6-12(10)18)16(15,3)7-8-22(13)14(23)17(19,20)21/h4-6,13H,7-9H2,1-3H3/t13-,16-/m0/s1. The Labute approximate surface area is 142 Å². The molecular formula is C17H19BrF3NO. The molecule has 0 spiro atoms. The van der Waals surface area contributed by atoms with Crippen LogP contribution in [0.5, 0.6) is 0 Å². The van der Waals surface area contributed by atoms with Crippen molar-refractivity contribution in [1.29, 1.82) is 0 Å². The summed E-state index contributed by atoms with van der Waals surface area (Å²) in [5.74, 6) is -1.71. The molecule has 3 rings (SSSR count). The topological polar surface area (TPSA) is 20.3 Å². The molecule has 2 atom stereocenters. The summed E-state index contributed by atoms with van der Waals surface area (Å²) in [7, 11) is 0. The fraction of sp³-hybridized carbons (Fsp3) is 0.588. The Morgan fingerprint density at radius 3 is 2.57 bits per heavy atom. The van der Waals surface area contributed by atoms with Crippen molar-refractivity contribution in [2.24, 2.45) is 5.41 Å². The van der Waals surface area contributed by atoms with Gasteiger partial charge >= 0.3 is 12.1 Å². The highest BCUT2D eigenvalue weighted by Crippen LogP contribution is 2.57. The van der Waals surface area contributed by atoms with Gasteiger partial charge in [0, 0.05) is 22.5 Å². The first-order chi connectivity index (χ1) is 10.5. The molecule has 1 fully saturated rings. The molecule has 1 aliphatic heterocycles. The van der Waals surface area contributed by atoms with E-state index in [-0.39, 0.29) is 12.0 Å². The van der Waals surface area contributed by atoms with Gasteiger partial charge in [0.25, 0.3) is 0 Å². The highest BCUT2D eigenvalue weighted by molar-refractivity contribution is 9.10. The van der Waals surface area contributed by atoms with Crippen LogP contribution in [0.25, 0.3) is 0 Å². The number of piperidine rings is 1. The number of likely N-dealkylation sites (tertiary alicyclic amines) is 1. The molecule has 1 amide bonds. The van der Waals surface area contributed by atoms with Crippen LogP contribution in [0.3, 0.4) is 0 Å². The Hall–Kier alpha value is -1.04. The number of benzene rings is 1. The first kappa shape index (κ1) is 16.8. The van der Waals surface area contributed by atoms with Crippen LogP contribution >= 0.6 is 15.9 Å². The fourth-order valence-electron chi connectivity index (χ4n) is 4.31. The van der Waals surface area contributed by atoms with Crippen molar-refractivity contribution in [2.45, 2.75) is 51.2 Å². The molecule has 2 aliphatic rings. The number of fused-ring (bicyclic) bond motifs is 4. The van der Waals surface area contributed by atoms with Crippen LogP contribution in [0.1, 0.15) is 38.3 Å². The van der Waals surface area contributed by atoms with E-state index in [0.29, 0.717) is 12.8 Å². The second-order valence-corrected chi connectivity index (χ2v) is 8.14. The molecule has 0 saturated carbocycles. The van der Waals surface area contributed by atoms with Crippen molar-refractivity contribution in [3.05, 3.63) is 33.8 Å². The lowest BCUT2D eigenvalue weighted by atomic mass is 9.51. The first-order valence-electron chi connectivity index (χ1n) is 7.66. The zero-order valence-corrected chi connectivity index (χ0v) is 14.9. The Bertz CT molecular complexity index is 670. The molecule has 23 heavy (non-hydrogen) atoms. The molecule has 0 radical (unpaired) electrons. The Morgan fingerprint density at radius 2 is 1.96 bits per heavy atom. The number of amides is 1. The molecule has 2 bridgehead atoms. The molecule has 0 N–H and O–H groups in total. The highest BCUT2D eigenvalue weighted by atomic mass is 79.9. The second kappa shape index (κ2) is 4.98. The smallest absolute Gasteiger partial charge is 0.331 e. The lowest BCUT2D eigenvalue weighted by molar-refractivity contribution is -0.195. The molecular weight excluding hydrogens is 371 g/mol. The monoisotopic (exact) mass is 389 g/mol. The Kier molecular flexibility index (Phi) is 3.64. The number of halogens is 4. The van der Waals surface area contributed by atoms with Crippen molar-refractivity contribution in [1.82, 2.24) is 4.90 Å². The van der Waals surface area contributed by atoms with Crippen LogP contribution in [0.15, 0.2) is 22.7 Å². The maximum Gasteiger partial charge on any atom is 0.471 e. The number of alkyl halides is 3. The highest BCUT2D eigenvalue weighted by Gasteiger charge is 2.59. The third kappa shape index (κ3) is 2.24. The summed E-state index contributed by atoms with van der Waals surface area (Å²) in [6, 6.07) is 5.49. The van der Waals surface area contributed by atoms with Crippen molar-refractivity contribution < 1.29 is 18.0 Å². The molecule has 1 saturated heterocycles. The summed E-state index contributed by atoms with van der Waals surface area (Å²) in [6.07, 6.45) is -3.85. The largest absolute Gasteiger partial charge is 0.471 e. The molecule has 1 aromatic carbocycles. The zero-order valence-electron chi connectivity index (χ0n) is 13.3. The molecule has 2 nitrogen and oxygen atoms in total. The van der Waals surface area contributed by atoms with Gasteiger partial charge in [-0.2, -0.15) is 13.2 Å². The van der Waals surface area contributed by atoms with Crippen LogP contribution in [-0.2, 0) is 16.6 Å². The number of nitrogens with zero attached hydrogens (tertiary/aromatic N) is 1. The maximum absolute atomic E-state index is 13.0. The lowest BCUT2D eigenvalue weighted by Crippen LogP contribution is -2.66. The van der Waals surface area contributed by atoms with E-state index in [1.165, 1.54) is 5.56 Å². The molecule has 1 aromatic rings. The van der Waals surface area contributed by atoms with E-state index in [1.54, 1.807) is 0 Å². The first-order valence-corrected chi connectivity index (χ1v) is 8.45. The number of carbonyl (C=O) groups is 1. The Balaban J connectivity index is 2.13. The SMILES string of the molecule is CC1(C)[C@@H]2Cc3c(Br)cccc3[C@]1(C)CCN2C(=O)C(F)(F)F. The fourth-order valence-corrected chi connectivity index (χ4v) is 4.84. The number of hydrogen-bond donors (Lipinski definition) is 0. The minimum absolute atomic E-state index is 0.148. The van der Waals surface area contributed by atoms with E-state index >= 15 is 0 Å². The van der Waals surface area contributed by atoms with Gasteiger partial charge in [-0.15, -0.1) is 0 Å². The van der Waals surface area contributed by atoms with Gasteiger partial charge in [0.2, 0.25) is 0 Å². The molecule has 1 heterocycles. The summed E-state index contributed by atoms with van der Waals surface area (Å²) < 4.78 is 39.8. The van der Waals surface area contributed by atoms with Crippen LogP contribution < -0.4 is 0 Å². The van der Waals surface area contributed by atoms with E-state index in [2.05, 4.69) is 28.9 Å². The van der Waals surface area contributed by atoms with Gasteiger partial charge in [-0.3, -0.25) is 4.79 Å². The average Bonchev–Trinajstić information content (AvgIpc) is 2.42. The van der Waals surface area contributed by atoms with Crippen LogP contribution in [-0.4, -0.2) is 29.6 Å². The van der Waals surface area contributed by atoms with Gasteiger partial charge < -0.3 is 4.90 Å². The van der Waals surface area contributed by atoms with Gasteiger partial charge in [0.1, 0.15) is 0 Å². The lowest BCUT2D eigenvalue weighted by Gasteiger charge is -2.60. The normalized spacial score (nSPS) is 29.2. The third-order valence-electron chi connectivity index (χ3n) is 6.10. The third-order valence-corrected chi connectivity index (χ3v) is 6.84. The van der Waals surface area contributed by atoms with Crippen molar-refractivity contribution in [3.8, 4) is 0 Å². The van der Waals surface area contributed by atoms with Gasteiger partial charge in [-0.1, -0.05) is 48.8 Å². The minimum atomic E-state index is -4.82. The Morgan fingerprint density at radius 1 is 1.30 bits per heavy atom. The minimum Gasteiger partial charge on any atom is -0.331 e. The molecule has 0 unspecified atom stereocenters. The van der Waals surface area contributed by atoms with E-state index < -0.39 is 23.5 Å². The average molecular weight is 390 g/mol. The summed E-state index contributed by atoms with van der Waals surface area (Å²) in [5, 5.41) is 0. The molecule has 126 valence electrons. The number of rotatable bonds is 0. The quantitative estimate of drug-likeness (QED) is 0.641. The number of hydrogen-bond acceptors (Lipinski definition) is 1. The van der Waals surface area contributed by atoms with Crippen LogP contribution in [0.4, 0.5) is 13.2 Å². The summed E-state index contributed by atoms with van der Waals surface area (Å²) in [6.45, 7) is 6.23. The van der Waals surface area contributed by atoms with Crippen LogP contribution in [0, 0.1) is 5.41 Å². The van der Waals surface area contributed by atoms with E-state index in [9.17, 15) is 18.0 Å². The van der Waals surface area contributed by atoms with Crippen molar-refractivity contribution in [2.75, 3.05) is 6.54 Å². The van der Waals surface area contributed by atoms with Crippen molar-refractivity contribution >= 4 is 21.8 Å².